The zero-order valence-electron chi connectivity index (χ0n) is 20.2. The molecule has 2 fully saturated rings. The van der Waals surface area contributed by atoms with Gasteiger partial charge < -0.3 is 19.7 Å². The number of hydrogen-bond donors (Lipinski definition) is 2. The third kappa shape index (κ3) is 7.84. The molecule has 36 heavy (non-hydrogen) atoms. The highest BCUT2D eigenvalue weighted by atomic mass is 79.9. The van der Waals surface area contributed by atoms with Crippen LogP contribution in [-0.2, 0) is 22.6 Å². The van der Waals surface area contributed by atoms with Crippen LogP contribution in [0, 0.1) is 0 Å². The first-order valence-corrected chi connectivity index (χ1v) is 13.7. The second kappa shape index (κ2) is 13.6. The van der Waals surface area contributed by atoms with Gasteiger partial charge in [0.05, 0.1) is 39.5 Å². The zero-order chi connectivity index (χ0) is 25.3. The predicted molar refractivity (Wildman–Crippen MR) is 149 cm³/mol. The molecule has 2 N–H and O–H groups in total. The maximum atomic E-state index is 10.8. The summed E-state index contributed by atoms with van der Waals surface area (Å²) in [6.07, 6.45) is 3.38. The second-order valence-electron chi connectivity index (χ2n) is 8.85. The van der Waals surface area contributed by atoms with E-state index in [1.807, 2.05) is 24.3 Å². The molecule has 0 aliphatic carbocycles. The smallest absolute Gasteiger partial charge is 0.128 e. The second-order valence-corrected chi connectivity index (χ2v) is 10.7. The molecule has 10 heteroatoms. The number of aliphatic imine (C=N–C) groups is 2. The molecule has 0 spiro atoms. The lowest BCUT2D eigenvalue weighted by Crippen LogP contribution is -2.35. The first-order chi connectivity index (χ1) is 17.5. The van der Waals surface area contributed by atoms with Crippen LogP contribution in [0.1, 0.15) is 22.3 Å². The summed E-state index contributed by atoms with van der Waals surface area (Å²) >= 11 is 7.09. The number of ether oxygens (including phenoxy) is 2. The normalized spacial score (nSPS) is 17.9. The van der Waals surface area contributed by atoms with E-state index in [9.17, 15) is 10.2 Å². The lowest BCUT2D eigenvalue weighted by Gasteiger charge is -2.27. The Kier molecular flexibility index (Phi) is 10.3. The molecule has 0 radical (unpaired) electrons. The van der Waals surface area contributed by atoms with Gasteiger partial charge in [0.1, 0.15) is 11.5 Å². The van der Waals surface area contributed by atoms with Crippen molar-refractivity contribution in [1.29, 1.82) is 0 Å². The van der Waals surface area contributed by atoms with E-state index in [1.165, 1.54) is 0 Å². The molecule has 0 atom stereocenters. The van der Waals surface area contributed by atoms with E-state index in [1.54, 1.807) is 12.4 Å². The molecule has 4 rings (SSSR count). The topological polar surface area (TPSA) is 90.1 Å². The lowest BCUT2D eigenvalue weighted by molar-refractivity contribution is 0.0338. The van der Waals surface area contributed by atoms with Crippen LogP contribution >= 0.6 is 31.9 Å². The Morgan fingerprint density at radius 3 is 1.47 bits per heavy atom. The molecule has 194 valence electrons. The van der Waals surface area contributed by atoms with Crippen molar-refractivity contribution < 1.29 is 19.7 Å². The summed E-state index contributed by atoms with van der Waals surface area (Å²) in [5.41, 5.74) is 3.08. The number of halogens is 2. The first kappa shape index (κ1) is 27.2. The summed E-state index contributed by atoms with van der Waals surface area (Å²) in [5.74, 6) is 0.507. The van der Waals surface area contributed by atoms with Crippen molar-refractivity contribution in [2.75, 3.05) is 65.7 Å². The number of phenolic OH excluding ortho intramolecular Hbond substituents is 2. The Hall–Kier alpha value is -1.82. The minimum Gasteiger partial charge on any atom is -0.507 e. The molecular weight excluding hydrogens is 592 g/mol. The largest absolute Gasteiger partial charge is 0.507 e. The van der Waals surface area contributed by atoms with Crippen molar-refractivity contribution in [2.24, 2.45) is 9.98 Å². The van der Waals surface area contributed by atoms with Gasteiger partial charge in [0.15, 0.2) is 0 Å². The number of aromatic hydroxyl groups is 2. The van der Waals surface area contributed by atoms with Crippen LogP contribution in [0.15, 0.2) is 43.2 Å². The summed E-state index contributed by atoms with van der Waals surface area (Å²) in [6.45, 7) is 8.58. The lowest BCUT2D eigenvalue weighted by atomic mass is 10.1. The van der Waals surface area contributed by atoms with Crippen molar-refractivity contribution in [1.82, 2.24) is 9.80 Å². The predicted octanol–water partition coefficient (Wildman–Crippen LogP) is 3.83. The Bertz CT molecular complexity index is 999. The molecule has 2 heterocycles. The fraction of sp³-hybridized carbons (Fsp3) is 0.462. The molecule has 0 amide bonds. The van der Waals surface area contributed by atoms with Gasteiger partial charge in [-0.05, 0) is 24.3 Å². The van der Waals surface area contributed by atoms with Gasteiger partial charge in [0, 0.05) is 82.9 Å². The molecule has 2 aliphatic heterocycles. The number of phenols is 2. The summed E-state index contributed by atoms with van der Waals surface area (Å²) in [7, 11) is 0. The third-order valence-electron chi connectivity index (χ3n) is 6.18. The summed E-state index contributed by atoms with van der Waals surface area (Å²) in [5, 5.41) is 21.5. The van der Waals surface area contributed by atoms with E-state index in [4.69, 9.17) is 9.47 Å². The molecule has 2 aromatic carbocycles. The van der Waals surface area contributed by atoms with Gasteiger partial charge in [-0.3, -0.25) is 19.8 Å². The Labute approximate surface area is 228 Å². The molecule has 2 saturated heterocycles. The number of nitrogens with zero attached hydrogens (tertiary/aromatic N) is 4. The summed E-state index contributed by atoms with van der Waals surface area (Å²) in [6, 6.07) is 7.62. The van der Waals surface area contributed by atoms with E-state index in [0.29, 0.717) is 37.3 Å². The Morgan fingerprint density at radius 2 is 1.08 bits per heavy atom. The minimum atomic E-state index is 0.254. The Morgan fingerprint density at radius 1 is 0.694 bits per heavy atom. The average Bonchev–Trinajstić information content (AvgIpc) is 2.87. The van der Waals surface area contributed by atoms with Crippen LogP contribution in [0.25, 0.3) is 0 Å². The summed E-state index contributed by atoms with van der Waals surface area (Å²) < 4.78 is 12.6. The third-order valence-corrected chi connectivity index (χ3v) is 7.10. The van der Waals surface area contributed by atoms with Crippen LogP contribution < -0.4 is 0 Å². The highest BCUT2D eigenvalue weighted by Gasteiger charge is 2.16. The average molecular weight is 624 g/mol. The van der Waals surface area contributed by atoms with Crippen LogP contribution in [0.2, 0.25) is 0 Å². The molecule has 0 bridgehead atoms. The number of rotatable bonds is 9. The molecule has 0 aromatic heterocycles. The highest BCUT2D eigenvalue weighted by Crippen LogP contribution is 2.29. The van der Waals surface area contributed by atoms with Crippen LogP contribution in [0.3, 0.4) is 0 Å². The number of morpholine rings is 2. The van der Waals surface area contributed by atoms with Gasteiger partial charge in [0.2, 0.25) is 0 Å². The van der Waals surface area contributed by atoms with Crippen molar-refractivity contribution in [3.05, 3.63) is 55.5 Å². The summed E-state index contributed by atoms with van der Waals surface area (Å²) in [4.78, 5) is 13.4. The van der Waals surface area contributed by atoms with Gasteiger partial charge in [-0.15, -0.1) is 0 Å². The fourth-order valence-electron chi connectivity index (χ4n) is 4.24. The molecule has 0 saturated carbocycles. The number of benzene rings is 2. The van der Waals surface area contributed by atoms with E-state index in [2.05, 4.69) is 51.6 Å². The molecular formula is C26H32Br2N4O4. The van der Waals surface area contributed by atoms with E-state index < -0.39 is 0 Å². The van der Waals surface area contributed by atoms with Gasteiger partial charge >= 0.3 is 0 Å². The molecule has 0 unspecified atom stereocenters. The molecule has 8 nitrogen and oxygen atoms in total. The maximum Gasteiger partial charge on any atom is 0.128 e. The maximum absolute atomic E-state index is 10.8. The van der Waals surface area contributed by atoms with Gasteiger partial charge in [-0.25, -0.2) is 0 Å². The highest BCUT2D eigenvalue weighted by molar-refractivity contribution is 9.10. The van der Waals surface area contributed by atoms with Gasteiger partial charge in [-0.2, -0.15) is 0 Å². The van der Waals surface area contributed by atoms with Crippen LogP contribution in [-0.4, -0.2) is 98.1 Å². The van der Waals surface area contributed by atoms with E-state index >= 15 is 0 Å². The molecule has 2 aliphatic rings. The van der Waals surface area contributed by atoms with Crippen LogP contribution in [0.4, 0.5) is 0 Å². The van der Waals surface area contributed by atoms with Gasteiger partial charge in [-0.1, -0.05) is 31.9 Å². The minimum absolute atomic E-state index is 0.254. The van der Waals surface area contributed by atoms with Crippen molar-refractivity contribution >= 4 is 44.3 Å². The van der Waals surface area contributed by atoms with E-state index in [-0.39, 0.29) is 11.5 Å². The standard InChI is InChI=1S/C26H32Br2N4O4/c27-23-11-19(25(33)21(13-23)17-31-3-7-35-8-4-31)15-29-1-2-30-16-20-12-24(28)14-22(26(20)34)18-32-5-9-36-10-6-32/h11-16,33-34H,1-10,17-18H2. The van der Waals surface area contributed by atoms with Gasteiger partial charge in [0.25, 0.3) is 0 Å². The Balaban J connectivity index is 1.33. The SMILES string of the molecule is Oc1c(C=NCCN=Cc2cc(Br)cc(CN3CCOCC3)c2O)cc(Br)cc1CN1CCOCC1. The van der Waals surface area contributed by atoms with Crippen molar-refractivity contribution in [3.63, 3.8) is 0 Å². The molecule has 2 aromatic rings. The first-order valence-electron chi connectivity index (χ1n) is 12.1. The monoisotopic (exact) mass is 622 g/mol. The zero-order valence-corrected chi connectivity index (χ0v) is 23.4. The number of hydrogen-bond acceptors (Lipinski definition) is 8. The fourth-order valence-corrected chi connectivity index (χ4v) is 5.28. The van der Waals surface area contributed by atoms with Crippen molar-refractivity contribution in [2.45, 2.75) is 13.1 Å². The van der Waals surface area contributed by atoms with Crippen molar-refractivity contribution in [3.8, 4) is 11.5 Å². The quantitative estimate of drug-likeness (QED) is 0.326. The van der Waals surface area contributed by atoms with E-state index in [0.717, 1.165) is 72.7 Å². The van der Waals surface area contributed by atoms with Crippen LogP contribution in [0.5, 0.6) is 11.5 Å².